The molecule has 0 amide bonds. The first-order chi connectivity index (χ1) is 12.6. The standard InChI is InChI=1S/C19H23NO4S2/c1-3-4-5-6-11-24-14-7-9-15(10-8-14)25-13-17(21)18-20-16(12-26-18)19(22)23-2/h7-10,12H,3-6,11,13H2,1-2H3. The summed E-state index contributed by atoms with van der Waals surface area (Å²) in [6, 6.07) is 7.73. The van der Waals surface area contributed by atoms with E-state index in [2.05, 4.69) is 16.6 Å². The van der Waals surface area contributed by atoms with Crippen LogP contribution in [0.2, 0.25) is 0 Å². The van der Waals surface area contributed by atoms with Gasteiger partial charge in [0.15, 0.2) is 10.7 Å². The summed E-state index contributed by atoms with van der Waals surface area (Å²) < 4.78 is 10.3. The maximum atomic E-state index is 12.2. The van der Waals surface area contributed by atoms with E-state index in [1.807, 2.05) is 24.3 Å². The first-order valence-electron chi connectivity index (χ1n) is 8.56. The average Bonchev–Trinajstić information content (AvgIpc) is 3.16. The lowest BCUT2D eigenvalue weighted by Crippen LogP contribution is -2.05. The minimum Gasteiger partial charge on any atom is -0.494 e. The third-order valence-corrected chi connectivity index (χ3v) is 5.49. The van der Waals surface area contributed by atoms with Crippen LogP contribution in [0.25, 0.3) is 0 Å². The molecule has 0 atom stereocenters. The van der Waals surface area contributed by atoms with E-state index in [1.165, 1.54) is 43.5 Å². The quantitative estimate of drug-likeness (QED) is 0.235. The number of hydrogen-bond donors (Lipinski definition) is 0. The van der Waals surface area contributed by atoms with E-state index in [-0.39, 0.29) is 17.2 Å². The zero-order chi connectivity index (χ0) is 18.8. The van der Waals surface area contributed by atoms with Gasteiger partial charge < -0.3 is 9.47 Å². The Morgan fingerprint density at radius 2 is 1.92 bits per heavy atom. The first-order valence-corrected chi connectivity index (χ1v) is 10.4. The van der Waals surface area contributed by atoms with Crippen molar-refractivity contribution in [3.63, 3.8) is 0 Å². The van der Waals surface area contributed by atoms with Crippen molar-refractivity contribution in [1.82, 2.24) is 4.98 Å². The van der Waals surface area contributed by atoms with Gasteiger partial charge in [0.05, 0.1) is 19.5 Å². The van der Waals surface area contributed by atoms with Crippen LogP contribution in [0.15, 0.2) is 34.5 Å². The van der Waals surface area contributed by atoms with Gasteiger partial charge in [0.2, 0.25) is 5.78 Å². The van der Waals surface area contributed by atoms with Gasteiger partial charge in [-0.1, -0.05) is 26.2 Å². The van der Waals surface area contributed by atoms with Crippen molar-refractivity contribution in [3.05, 3.63) is 40.3 Å². The Labute approximate surface area is 162 Å². The molecule has 0 radical (unpaired) electrons. The molecule has 7 heteroatoms. The maximum absolute atomic E-state index is 12.2. The van der Waals surface area contributed by atoms with Crippen LogP contribution < -0.4 is 4.74 Å². The minimum atomic E-state index is -0.529. The monoisotopic (exact) mass is 393 g/mol. The first kappa shape index (κ1) is 20.5. The van der Waals surface area contributed by atoms with Crippen molar-refractivity contribution >= 4 is 34.9 Å². The average molecular weight is 394 g/mol. The number of ketones is 1. The molecule has 1 heterocycles. The Bertz CT molecular complexity index is 713. The highest BCUT2D eigenvalue weighted by Gasteiger charge is 2.16. The van der Waals surface area contributed by atoms with Crippen LogP contribution in [0.5, 0.6) is 5.75 Å². The summed E-state index contributed by atoms with van der Waals surface area (Å²) in [5.41, 5.74) is 0.172. The lowest BCUT2D eigenvalue weighted by atomic mass is 10.2. The predicted molar refractivity (Wildman–Crippen MR) is 105 cm³/mol. The second kappa shape index (κ2) is 11.0. The smallest absolute Gasteiger partial charge is 0.357 e. The van der Waals surface area contributed by atoms with Gasteiger partial charge >= 0.3 is 5.97 Å². The number of rotatable bonds is 11. The fraction of sp³-hybridized carbons (Fsp3) is 0.421. The van der Waals surface area contributed by atoms with Crippen LogP contribution in [0, 0.1) is 0 Å². The van der Waals surface area contributed by atoms with Crippen LogP contribution in [0.3, 0.4) is 0 Å². The second-order valence-electron chi connectivity index (χ2n) is 5.62. The number of aromatic nitrogens is 1. The molecule has 1 aromatic carbocycles. The summed E-state index contributed by atoms with van der Waals surface area (Å²) in [5, 5.41) is 1.86. The SMILES string of the molecule is CCCCCCOc1ccc(SCC(=O)c2nc(C(=O)OC)cs2)cc1. The molecule has 0 saturated carbocycles. The molecule has 0 aliphatic heterocycles. The van der Waals surface area contributed by atoms with Crippen molar-refractivity contribution in [1.29, 1.82) is 0 Å². The summed E-state index contributed by atoms with van der Waals surface area (Å²) in [5.74, 6) is 0.482. The molecule has 140 valence electrons. The molecule has 0 aliphatic carbocycles. The second-order valence-corrected chi connectivity index (χ2v) is 7.53. The molecule has 0 bridgehead atoms. The molecule has 2 aromatic rings. The molecule has 0 fully saturated rings. The van der Waals surface area contributed by atoms with Gasteiger partial charge in [0, 0.05) is 10.3 Å². The molecule has 1 aromatic heterocycles. The van der Waals surface area contributed by atoms with Crippen LogP contribution in [0.1, 0.15) is 52.9 Å². The Hall–Kier alpha value is -1.86. The topological polar surface area (TPSA) is 65.5 Å². The number of thiazole rings is 1. The number of methoxy groups -OCH3 is 1. The molecule has 0 saturated heterocycles. The number of carbonyl (C=O) groups excluding carboxylic acids is 2. The molecule has 0 aliphatic rings. The van der Waals surface area contributed by atoms with Gasteiger partial charge in [-0.15, -0.1) is 23.1 Å². The van der Waals surface area contributed by atoms with E-state index in [0.29, 0.717) is 5.01 Å². The Kier molecular flexibility index (Phi) is 8.64. The van der Waals surface area contributed by atoms with Crippen LogP contribution in [-0.2, 0) is 4.74 Å². The summed E-state index contributed by atoms with van der Waals surface area (Å²) in [6.45, 7) is 2.92. The van der Waals surface area contributed by atoms with E-state index in [9.17, 15) is 9.59 Å². The molecular formula is C19H23NO4S2. The minimum absolute atomic E-state index is 0.105. The van der Waals surface area contributed by atoms with Gasteiger partial charge in [0.1, 0.15) is 5.75 Å². The third kappa shape index (κ3) is 6.46. The van der Waals surface area contributed by atoms with Gasteiger partial charge in [-0.2, -0.15) is 0 Å². The van der Waals surface area contributed by atoms with Gasteiger partial charge in [0.25, 0.3) is 0 Å². The third-order valence-electron chi connectivity index (χ3n) is 3.60. The van der Waals surface area contributed by atoms with E-state index >= 15 is 0 Å². The Morgan fingerprint density at radius 1 is 1.15 bits per heavy atom. The van der Waals surface area contributed by atoms with Crippen molar-refractivity contribution in [3.8, 4) is 5.75 Å². The molecule has 0 N–H and O–H groups in total. The van der Waals surface area contributed by atoms with Crippen molar-refractivity contribution in [2.24, 2.45) is 0 Å². The number of nitrogens with zero attached hydrogens (tertiary/aromatic N) is 1. The fourth-order valence-electron chi connectivity index (χ4n) is 2.16. The molecular weight excluding hydrogens is 370 g/mol. The van der Waals surface area contributed by atoms with E-state index in [4.69, 9.17) is 4.74 Å². The van der Waals surface area contributed by atoms with Gasteiger partial charge in [-0.25, -0.2) is 9.78 Å². The lowest BCUT2D eigenvalue weighted by Gasteiger charge is -2.06. The predicted octanol–water partition coefficient (Wildman–Crippen LogP) is 4.86. The van der Waals surface area contributed by atoms with Crippen LogP contribution >= 0.6 is 23.1 Å². The number of ether oxygens (including phenoxy) is 2. The number of esters is 1. The molecule has 5 nitrogen and oxygen atoms in total. The van der Waals surface area contributed by atoms with Gasteiger partial charge in [-0.05, 0) is 30.7 Å². The number of unbranched alkanes of at least 4 members (excludes halogenated alkanes) is 3. The number of hydrogen-bond acceptors (Lipinski definition) is 7. The van der Waals surface area contributed by atoms with Crippen molar-refractivity contribution in [2.45, 2.75) is 37.5 Å². The Balaban J connectivity index is 1.77. The zero-order valence-corrected chi connectivity index (χ0v) is 16.7. The molecule has 26 heavy (non-hydrogen) atoms. The van der Waals surface area contributed by atoms with Crippen molar-refractivity contribution < 1.29 is 19.1 Å². The summed E-state index contributed by atoms with van der Waals surface area (Å²) in [6.07, 6.45) is 4.73. The number of benzene rings is 1. The number of Topliss-reactive ketones (excluding diaryl/α,β-unsaturated/α-hetero) is 1. The molecule has 2 rings (SSSR count). The highest BCUT2D eigenvalue weighted by Crippen LogP contribution is 2.23. The van der Waals surface area contributed by atoms with E-state index < -0.39 is 5.97 Å². The summed E-state index contributed by atoms with van der Waals surface area (Å²) >= 11 is 2.59. The Morgan fingerprint density at radius 3 is 2.62 bits per heavy atom. The highest BCUT2D eigenvalue weighted by molar-refractivity contribution is 8.00. The fourth-order valence-corrected chi connectivity index (χ4v) is 3.74. The maximum Gasteiger partial charge on any atom is 0.357 e. The van der Waals surface area contributed by atoms with Crippen LogP contribution in [-0.4, -0.2) is 36.2 Å². The molecule has 0 spiro atoms. The number of thioether (sulfide) groups is 1. The highest BCUT2D eigenvalue weighted by atomic mass is 32.2. The van der Waals surface area contributed by atoms with Crippen molar-refractivity contribution in [2.75, 3.05) is 19.5 Å². The van der Waals surface area contributed by atoms with E-state index in [1.54, 1.807) is 0 Å². The largest absolute Gasteiger partial charge is 0.494 e. The summed E-state index contributed by atoms with van der Waals surface area (Å²) in [4.78, 5) is 28.6. The normalized spacial score (nSPS) is 10.5. The lowest BCUT2D eigenvalue weighted by molar-refractivity contribution is 0.0595. The van der Waals surface area contributed by atoms with Crippen LogP contribution in [0.4, 0.5) is 0 Å². The number of carbonyl (C=O) groups is 2. The molecule has 0 unspecified atom stereocenters. The van der Waals surface area contributed by atoms with E-state index in [0.717, 1.165) is 35.0 Å². The zero-order valence-electron chi connectivity index (χ0n) is 15.0. The van der Waals surface area contributed by atoms with Gasteiger partial charge in [-0.3, -0.25) is 4.79 Å². The summed E-state index contributed by atoms with van der Waals surface area (Å²) in [7, 11) is 1.29.